The molecule has 0 spiro atoms. The van der Waals surface area contributed by atoms with E-state index in [2.05, 4.69) is 23.2 Å². The third-order valence-electron chi connectivity index (χ3n) is 7.69. The maximum Gasteiger partial charge on any atom is 0.266 e. The molecule has 1 aromatic heterocycles. The van der Waals surface area contributed by atoms with Crippen LogP contribution in [0.1, 0.15) is 63.5 Å². The lowest BCUT2D eigenvalue weighted by Crippen LogP contribution is -2.60. The summed E-state index contributed by atoms with van der Waals surface area (Å²) in [6.07, 6.45) is 1.33. The Kier molecular flexibility index (Phi) is 9.51. The molecule has 1 aromatic carbocycles. The van der Waals surface area contributed by atoms with Gasteiger partial charge in [0.2, 0.25) is 15.9 Å². The first-order valence-electron chi connectivity index (χ1n) is 13.8. The summed E-state index contributed by atoms with van der Waals surface area (Å²) in [7, 11) is -3.98. The number of piperidine rings is 1. The van der Waals surface area contributed by atoms with E-state index < -0.39 is 20.7 Å². The van der Waals surface area contributed by atoms with Gasteiger partial charge in [-0.3, -0.25) is 10.0 Å². The van der Waals surface area contributed by atoms with Gasteiger partial charge in [-0.25, -0.2) is 23.2 Å². The molecule has 0 atom stereocenters. The van der Waals surface area contributed by atoms with Gasteiger partial charge in [-0.05, 0) is 63.6 Å². The van der Waals surface area contributed by atoms with E-state index in [-0.39, 0.29) is 37.6 Å². The average Bonchev–Trinajstić information content (AvgIpc) is 2.95. The zero-order valence-corrected chi connectivity index (χ0v) is 24.6. The van der Waals surface area contributed by atoms with Crippen molar-refractivity contribution in [2.24, 2.45) is 0 Å². The van der Waals surface area contributed by atoms with E-state index >= 15 is 0 Å². The molecule has 3 heterocycles. The van der Waals surface area contributed by atoms with E-state index in [4.69, 9.17) is 14.2 Å². The molecular formula is C29H41N3O7S. The fourth-order valence-electron chi connectivity index (χ4n) is 5.45. The van der Waals surface area contributed by atoms with Crippen molar-refractivity contribution >= 4 is 15.9 Å². The summed E-state index contributed by atoms with van der Waals surface area (Å²) in [5.74, 6) is -0.142. The van der Waals surface area contributed by atoms with Crippen LogP contribution in [0.2, 0.25) is 0 Å². The first kappa shape index (κ1) is 30.4. The summed E-state index contributed by atoms with van der Waals surface area (Å²) in [4.78, 5) is 17.2. The lowest BCUT2D eigenvalue weighted by molar-refractivity contribution is -0.134. The van der Waals surface area contributed by atoms with Gasteiger partial charge in [0.05, 0.1) is 17.9 Å². The van der Waals surface area contributed by atoms with Gasteiger partial charge in [-0.2, -0.15) is 0 Å². The first-order chi connectivity index (χ1) is 19.0. The smallest absolute Gasteiger partial charge is 0.266 e. The number of sulfonamides is 1. The number of carbonyl (C=O) groups is 1. The van der Waals surface area contributed by atoms with Gasteiger partial charge >= 0.3 is 0 Å². The second-order valence-corrected chi connectivity index (χ2v) is 13.7. The van der Waals surface area contributed by atoms with Gasteiger partial charge in [-0.15, -0.1) is 0 Å². The summed E-state index contributed by atoms with van der Waals surface area (Å²) in [5, 5.41) is 9.29. The normalized spacial score (nSPS) is 18.8. The quantitative estimate of drug-likeness (QED) is 0.263. The van der Waals surface area contributed by atoms with Gasteiger partial charge in [-0.1, -0.05) is 24.3 Å². The number of nitrogens with zero attached hydrogens (tertiary/aromatic N) is 2. The molecule has 0 radical (unpaired) electrons. The molecule has 4 rings (SSSR count). The second kappa shape index (κ2) is 12.5. The number of hydroxylamine groups is 1. The fraction of sp³-hybridized carbons (Fsp3) is 0.586. The summed E-state index contributed by atoms with van der Waals surface area (Å²) in [6.45, 7) is 9.90. The molecule has 40 heavy (non-hydrogen) atoms. The van der Waals surface area contributed by atoms with Crippen molar-refractivity contribution in [3.8, 4) is 17.1 Å². The zero-order chi connectivity index (χ0) is 29.0. The van der Waals surface area contributed by atoms with Crippen LogP contribution in [0.3, 0.4) is 0 Å². The van der Waals surface area contributed by atoms with Crippen LogP contribution in [0.15, 0.2) is 36.4 Å². The van der Waals surface area contributed by atoms with Crippen molar-refractivity contribution in [3.63, 3.8) is 0 Å². The van der Waals surface area contributed by atoms with Crippen LogP contribution in [-0.2, 0) is 24.3 Å². The topological polar surface area (TPSA) is 127 Å². The Bertz CT molecular complexity index is 1280. The number of nitrogens with one attached hydrogen (secondary N) is 1. The molecule has 0 bridgehead atoms. The predicted molar refractivity (Wildman–Crippen MR) is 151 cm³/mol. The maximum absolute atomic E-state index is 13.6. The van der Waals surface area contributed by atoms with Gasteiger partial charge in [0.15, 0.2) is 4.75 Å². The molecule has 2 N–H and O–H groups in total. The van der Waals surface area contributed by atoms with Crippen molar-refractivity contribution < 1.29 is 32.6 Å². The Labute approximate surface area is 237 Å². The van der Waals surface area contributed by atoms with E-state index in [1.165, 1.54) is 4.31 Å². The van der Waals surface area contributed by atoms with Crippen molar-refractivity contribution in [2.75, 3.05) is 39.5 Å². The largest absolute Gasteiger partial charge is 0.475 e. The van der Waals surface area contributed by atoms with Crippen molar-refractivity contribution in [2.45, 2.75) is 69.6 Å². The Morgan fingerprint density at radius 1 is 1.15 bits per heavy atom. The molecule has 0 saturated carbocycles. The number of amides is 1. The molecule has 220 valence electrons. The number of aryl methyl sites for hydroxylation is 1. The van der Waals surface area contributed by atoms with E-state index in [9.17, 15) is 18.4 Å². The Hall–Kier alpha value is -2.57. The van der Waals surface area contributed by atoms with E-state index in [1.54, 1.807) is 5.48 Å². The number of rotatable bonds is 9. The highest BCUT2D eigenvalue weighted by Crippen LogP contribution is 2.37. The standard InChI is InChI=1S/C29H41N3O7S/c1-21-20-23(8-9-24(21)25-6-5-7-26(30-25)38-18-19-39-28(2,3)4)22-10-14-32(15-11-22)40(35,36)29(27(33)31-34)12-16-37-17-13-29/h5-9,20,22,34H,10-19H2,1-4H3,(H,31,33). The molecule has 1 amide bonds. The Morgan fingerprint density at radius 2 is 1.85 bits per heavy atom. The predicted octanol–water partition coefficient (Wildman–Crippen LogP) is 3.81. The van der Waals surface area contributed by atoms with Crippen LogP contribution in [0, 0.1) is 6.92 Å². The van der Waals surface area contributed by atoms with Crippen molar-refractivity contribution in [1.82, 2.24) is 14.8 Å². The fourth-order valence-corrected chi connectivity index (χ4v) is 7.60. The third kappa shape index (κ3) is 6.66. The number of carbonyl (C=O) groups excluding carboxylic acids is 1. The molecular weight excluding hydrogens is 534 g/mol. The molecule has 0 aliphatic carbocycles. The average molecular weight is 576 g/mol. The summed E-state index contributed by atoms with van der Waals surface area (Å²) in [6, 6.07) is 12.0. The van der Waals surface area contributed by atoms with Gasteiger partial charge < -0.3 is 14.2 Å². The molecule has 11 heteroatoms. The number of ether oxygens (including phenoxy) is 3. The molecule has 2 fully saturated rings. The van der Waals surface area contributed by atoms with E-state index in [0.717, 1.165) is 22.4 Å². The molecule has 2 saturated heterocycles. The van der Waals surface area contributed by atoms with Gasteiger partial charge in [0.25, 0.3) is 5.91 Å². The number of pyridine rings is 1. The molecule has 2 aliphatic heterocycles. The zero-order valence-electron chi connectivity index (χ0n) is 23.8. The maximum atomic E-state index is 13.6. The minimum Gasteiger partial charge on any atom is -0.475 e. The number of aromatic nitrogens is 1. The van der Waals surface area contributed by atoms with Crippen LogP contribution >= 0.6 is 0 Å². The highest BCUT2D eigenvalue weighted by atomic mass is 32.2. The Morgan fingerprint density at radius 3 is 2.48 bits per heavy atom. The monoisotopic (exact) mass is 575 g/mol. The van der Waals surface area contributed by atoms with Crippen molar-refractivity contribution in [1.29, 1.82) is 0 Å². The molecule has 2 aliphatic rings. The first-order valence-corrected chi connectivity index (χ1v) is 15.3. The van der Waals surface area contributed by atoms with Gasteiger partial charge in [0.1, 0.15) is 6.61 Å². The molecule has 2 aromatic rings. The summed E-state index contributed by atoms with van der Waals surface area (Å²) >= 11 is 0. The molecule has 10 nitrogen and oxygen atoms in total. The van der Waals surface area contributed by atoms with Crippen LogP contribution in [0.25, 0.3) is 11.3 Å². The van der Waals surface area contributed by atoms with Crippen molar-refractivity contribution in [3.05, 3.63) is 47.5 Å². The number of hydrogen-bond donors (Lipinski definition) is 2. The van der Waals surface area contributed by atoms with Crippen LogP contribution in [0.4, 0.5) is 0 Å². The Balaban J connectivity index is 1.41. The van der Waals surface area contributed by atoms with Crippen LogP contribution in [0.5, 0.6) is 5.88 Å². The minimum atomic E-state index is -3.98. The minimum absolute atomic E-state index is 0.0211. The highest BCUT2D eigenvalue weighted by Gasteiger charge is 2.54. The number of benzene rings is 1. The number of hydrogen-bond acceptors (Lipinski definition) is 8. The molecule has 0 unspecified atom stereocenters. The third-order valence-corrected chi connectivity index (χ3v) is 10.3. The highest BCUT2D eigenvalue weighted by molar-refractivity contribution is 7.91. The van der Waals surface area contributed by atoms with E-state index in [1.807, 2.05) is 45.9 Å². The summed E-state index contributed by atoms with van der Waals surface area (Å²) in [5.41, 5.74) is 5.43. The van der Waals surface area contributed by atoms with Gasteiger partial charge in [0, 0.05) is 50.8 Å². The van der Waals surface area contributed by atoms with Crippen LogP contribution in [-0.4, -0.2) is 78.7 Å². The van der Waals surface area contributed by atoms with E-state index in [0.29, 0.717) is 45.0 Å². The lowest BCUT2D eigenvalue weighted by atomic mass is 9.88. The second-order valence-electron chi connectivity index (χ2n) is 11.5. The SMILES string of the molecule is Cc1cc(C2CCN(S(=O)(=O)C3(C(=O)NO)CCOCC3)CC2)ccc1-c1cccc(OCCOC(C)(C)C)n1. The van der Waals surface area contributed by atoms with Crippen LogP contribution < -0.4 is 10.2 Å². The summed E-state index contributed by atoms with van der Waals surface area (Å²) < 4.78 is 43.7. The lowest BCUT2D eigenvalue weighted by Gasteiger charge is -2.40.